The normalized spacial score (nSPS) is 12.6. The summed E-state index contributed by atoms with van der Waals surface area (Å²) in [7, 11) is 0. The molecule has 2 aromatic rings. The molecule has 0 radical (unpaired) electrons. The Morgan fingerprint density at radius 3 is 2.12 bits per heavy atom. The lowest BCUT2D eigenvalue weighted by molar-refractivity contribution is -0.115. The monoisotopic (exact) mass is 328 g/mol. The predicted molar refractivity (Wildman–Crippen MR) is 98.4 cm³/mol. The molecule has 0 unspecified atom stereocenters. The van der Waals surface area contributed by atoms with E-state index in [0.29, 0.717) is 11.8 Å². The predicted octanol–water partition coefficient (Wildman–Crippen LogP) is 4.82. The molecular formula is C20H28N2O2. The van der Waals surface area contributed by atoms with Gasteiger partial charge < -0.3 is 9.73 Å². The zero-order chi connectivity index (χ0) is 17.7. The van der Waals surface area contributed by atoms with Crippen LogP contribution in [-0.4, -0.2) is 12.5 Å². The van der Waals surface area contributed by atoms with Crippen LogP contribution in [0.15, 0.2) is 41.0 Å². The lowest BCUT2D eigenvalue weighted by Gasteiger charge is -2.20. The number of hydrogen-bond acceptors (Lipinski definition) is 3. The second-order valence-corrected chi connectivity index (χ2v) is 6.79. The lowest BCUT2D eigenvalue weighted by Crippen LogP contribution is -2.30. The molecule has 1 aromatic heterocycles. The quantitative estimate of drug-likeness (QED) is 0.766. The van der Waals surface area contributed by atoms with Gasteiger partial charge in [-0.3, -0.25) is 10.1 Å². The molecule has 1 aromatic carbocycles. The molecule has 4 nitrogen and oxygen atoms in total. The molecule has 2 rings (SSSR count). The van der Waals surface area contributed by atoms with Crippen molar-refractivity contribution in [1.82, 2.24) is 5.32 Å². The summed E-state index contributed by atoms with van der Waals surface area (Å²) in [6, 6.07) is 9.99. The first-order valence-electron chi connectivity index (χ1n) is 8.59. The number of furan rings is 1. The van der Waals surface area contributed by atoms with E-state index in [4.69, 9.17) is 4.42 Å². The van der Waals surface area contributed by atoms with Crippen LogP contribution in [0.4, 0.5) is 5.69 Å². The maximum Gasteiger partial charge on any atom is 0.238 e. The van der Waals surface area contributed by atoms with Gasteiger partial charge >= 0.3 is 0 Å². The number of anilines is 1. The summed E-state index contributed by atoms with van der Waals surface area (Å²) in [6.45, 7) is 10.8. The maximum absolute atomic E-state index is 12.4. The first kappa shape index (κ1) is 18.3. The zero-order valence-electron chi connectivity index (χ0n) is 15.2. The van der Waals surface area contributed by atoms with E-state index in [1.165, 1.54) is 11.1 Å². The standard InChI is InChI=1S/C20H28N2O2/c1-13(2)16-8-6-9-17(14(3)4)20(16)22-19(23)12-21-15(5)18-10-7-11-24-18/h6-11,13-15,21H,12H2,1-5H3,(H,22,23)/t15-/m0/s1. The van der Waals surface area contributed by atoms with Crippen molar-refractivity contribution in [1.29, 1.82) is 0 Å². The summed E-state index contributed by atoms with van der Waals surface area (Å²) in [5.74, 6) is 1.50. The third-order valence-electron chi connectivity index (χ3n) is 4.18. The van der Waals surface area contributed by atoms with E-state index in [9.17, 15) is 4.79 Å². The molecule has 0 fully saturated rings. The third-order valence-corrected chi connectivity index (χ3v) is 4.18. The van der Waals surface area contributed by atoms with Crippen molar-refractivity contribution in [3.8, 4) is 0 Å². The molecule has 1 amide bonds. The average Bonchev–Trinajstić information content (AvgIpc) is 3.06. The molecule has 130 valence electrons. The van der Waals surface area contributed by atoms with E-state index in [0.717, 1.165) is 11.4 Å². The second kappa shape index (κ2) is 8.15. The fraction of sp³-hybridized carbons (Fsp3) is 0.450. The number of para-hydroxylation sites is 1. The third kappa shape index (κ3) is 4.48. The van der Waals surface area contributed by atoms with Gasteiger partial charge in [0.15, 0.2) is 0 Å². The van der Waals surface area contributed by atoms with Gasteiger partial charge in [0.25, 0.3) is 0 Å². The molecule has 0 spiro atoms. The van der Waals surface area contributed by atoms with Crippen LogP contribution in [-0.2, 0) is 4.79 Å². The number of amides is 1. The van der Waals surface area contributed by atoms with E-state index >= 15 is 0 Å². The van der Waals surface area contributed by atoms with Crippen LogP contribution in [0.1, 0.15) is 69.4 Å². The molecule has 0 saturated heterocycles. The topological polar surface area (TPSA) is 54.3 Å². The van der Waals surface area contributed by atoms with E-state index in [2.05, 4.69) is 56.5 Å². The van der Waals surface area contributed by atoms with Crippen LogP contribution in [0, 0.1) is 0 Å². The Bertz CT molecular complexity index is 634. The Hall–Kier alpha value is -2.07. The zero-order valence-corrected chi connectivity index (χ0v) is 15.2. The van der Waals surface area contributed by atoms with E-state index in [1.54, 1.807) is 6.26 Å². The molecule has 0 bridgehead atoms. The SMILES string of the molecule is CC(C)c1cccc(C(C)C)c1NC(=O)CN[C@@H](C)c1ccco1. The molecule has 1 heterocycles. The van der Waals surface area contributed by atoms with E-state index < -0.39 is 0 Å². The summed E-state index contributed by atoms with van der Waals surface area (Å²) >= 11 is 0. The minimum atomic E-state index is -0.0385. The van der Waals surface area contributed by atoms with Gasteiger partial charge in [0.05, 0.1) is 18.8 Å². The fourth-order valence-corrected chi connectivity index (χ4v) is 2.76. The van der Waals surface area contributed by atoms with Gasteiger partial charge in [-0.2, -0.15) is 0 Å². The van der Waals surface area contributed by atoms with Crippen molar-refractivity contribution in [2.75, 3.05) is 11.9 Å². The van der Waals surface area contributed by atoms with Gasteiger partial charge in [0.2, 0.25) is 5.91 Å². The Labute approximate surface area is 144 Å². The maximum atomic E-state index is 12.4. The van der Waals surface area contributed by atoms with Crippen molar-refractivity contribution in [3.05, 3.63) is 53.5 Å². The highest BCUT2D eigenvalue weighted by Crippen LogP contribution is 2.32. The van der Waals surface area contributed by atoms with Crippen molar-refractivity contribution in [2.45, 2.75) is 52.5 Å². The summed E-state index contributed by atoms with van der Waals surface area (Å²) in [4.78, 5) is 12.4. The van der Waals surface area contributed by atoms with Gasteiger partial charge in [-0.25, -0.2) is 0 Å². The van der Waals surface area contributed by atoms with Gasteiger partial charge in [0.1, 0.15) is 5.76 Å². The minimum Gasteiger partial charge on any atom is -0.468 e. The van der Waals surface area contributed by atoms with Crippen molar-refractivity contribution in [2.24, 2.45) is 0 Å². The number of carbonyl (C=O) groups is 1. The van der Waals surface area contributed by atoms with Gasteiger partial charge in [0, 0.05) is 5.69 Å². The summed E-state index contributed by atoms with van der Waals surface area (Å²) in [5.41, 5.74) is 3.31. The summed E-state index contributed by atoms with van der Waals surface area (Å²) in [6.07, 6.45) is 1.64. The Morgan fingerprint density at radius 1 is 1.00 bits per heavy atom. The highest BCUT2D eigenvalue weighted by atomic mass is 16.3. The largest absolute Gasteiger partial charge is 0.468 e. The lowest BCUT2D eigenvalue weighted by atomic mass is 9.92. The van der Waals surface area contributed by atoms with Gasteiger partial charge in [-0.1, -0.05) is 45.9 Å². The highest BCUT2D eigenvalue weighted by molar-refractivity contribution is 5.94. The minimum absolute atomic E-state index is 0.00402. The van der Waals surface area contributed by atoms with Crippen LogP contribution in [0.2, 0.25) is 0 Å². The molecule has 0 aliphatic rings. The van der Waals surface area contributed by atoms with Crippen molar-refractivity contribution >= 4 is 11.6 Å². The smallest absolute Gasteiger partial charge is 0.238 e. The van der Waals surface area contributed by atoms with Crippen LogP contribution in [0.5, 0.6) is 0 Å². The number of benzene rings is 1. The van der Waals surface area contributed by atoms with E-state index in [1.807, 2.05) is 19.1 Å². The van der Waals surface area contributed by atoms with E-state index in [-0.39, 0.29) is 18.5 Å². The van der Waals surface area contributed by atoms with Crippen LogP contribution in [0.3, 0.4) is 0 Å². The van der Waals surface area contributed by atoms with Crippen molar-refractivity contribution in [3.63, 3.8) is 0 Å². The Kier molecular flexibility index (Phi) is 6.21. The molecule has 0 aliphatic carbocycles. The summed E-state index contributed by atoms with van der Waals surface area (Å²) < 4.78 is 5.35. The molecule has 24 heavy (non-hydrogen) atoms. The van der Waals surface area contributed by atoms with Crippen molar-refractivity contribution < 1.29 is 9.21 Å². The van der Waals surface area contributed by atoms with Gasteiger partial charge in [-0.05, 0) is 42.0 Å². The molecule has 4 heteroatoms. The summed E-state index contributed by atoms with van der Waals surface area (Å²) in [5, 5.41) is 6.31. The highest BCUT2D eigenvalue weighted by Gasteiger charge is 2.16. The fourth-order valence-electron chi connectivity index (χ4n) is 2.76. The van der Waals surface area contributed by atoms with Crippen LogP contribution < -0.4 is 10.6 Å². The molecule has 1 atom stereocenters. The van der Waals surface area contributed by atoms with Crippen LogP contribution in [0.25, 0.3) is 0 Å². The number of hydrogen-bond donors (Lipinski definition) is 2. The number of rotatable bonds is 7. The van der Waals surface area contributed by atoms with Gasteiger partial charge in [-0.15, -0.1) is 0 Å². The van der Waals surface area contributed by atoms with Crippen LogP contribution >= 0.6 is 0 Å². The molecule has 0 aliphatic heterocycles. The first-order valence-corrected chi connectivity index (χ1v) is 8.59. The molecule has 2 N–H and O–H groups in total. The molecular weight excluding hydrogens is 300 g/mol. The Morgan fingerprint density at radius 2 is 1.62 bits per heavy atom. The second-order valence-electron chi connectivity index (χ2n) is 6.79. The number of nitrogens with one attached hydrogen (secondary N) is 2. The first-order chi connectivity index (χ1) is 11.4. The Balaban J connectivity index is 2.08. The molecule has 0 saturated carbocycles. The number of carbonyl (C=O) groups excluding carboxylic acids is 1. The average molecular weight is 328 g/mol.